The molecule has 0 amide bonds. The van der Waals surface area contributed by atoms with E-state index in [1.54, 1.807) is 0 Å². The molecule has 4 heteroatoms. The Morgan fingerprint density at radius 1 is 0.345 bits per heavy atom. The number of rotatable bonds is 3. The van der Waals surface area contributed by atoms with Crippen LogP contribution in [0, 0.1) is 0 Å². The fourth-order valence-electron chi connectivity index (χ4n) is 10.2. The van der Waals surface area contributed by atoms with E-state index >= 15 is 0 Å². The summed E-state index contributed by atoms with van der Waals surface area (Å²) < 4.78 is 6.57. The third kappa shape index (κ3) is 4.16. The standard InChI is InChI=1S/C54H31N3O/c1-2-15-35-32(13-1)27-28-33-14-11-21-41(49(33)35)52-55-51(56-53(57-52)42-22-12-20-40-39-19-6-10-26-48(39)58-50(40)42)34-29-30-47-43(31-34)38-18-5-9-25-46(38)54(47)44-23-7-3-16-36(44)37-17-4-8-24-45(37)54/h1-31H. The minimum absolute atomic E-state index is 0.423. The zero-order valence-electron chi connectivity index (χ0n) is 31.1. The van der Waals surface area contributed by atoms with Crippen molar-refractivity contribution in [2.24, 2.45) is 0 Å². The van der Waals surface area contributed by atoms with Crippen LogP contribution in [0.2, 0.25) is 0 Å². The van der Waals surface area contributed by atoms with Gasteiger partial charge >= 0.3 is 0 Å². The SMILES string of the molecule is c1ccc2c(c1)-c1ccccc1C21c2ccccc2-c2cc(-c3nc(-c4cccc5c4oc4ccccc45)nc(-c4cccc5ccc6ccccc6c45)n3)ccc21. The van der Waals surface area contributed by atoms with Crippen molar-refractivity contribution in [2.75, 3.05) is 0 Å². The van der Waals surface area contributed by atoms with Gasteiger partial charge in [0, 0.05) is 27.3 Å². The Morgan fingerprint density at radius 3 is 1.64 bits per heavy atom. The molecule has 0 bridgehead atoms. The smallest absolute Gasteiger partial charge is 0.167 e. The molecule has 13 rings (SSSR count). The molecule has 2 aromatic heterocycles. The van der Waals surface area contributed by atoms with E-state index in [9.17, 15) is 0 Å². The van der Waals surface area contributed by atoms with Crippen LogP contribution in [-0.2, 0) is 5.41 Å². The third-order valence-electron chi connectivity index (χ3n) is 12.5. The molecule has 0 radical (unpaired) electrons. The van der Waals surface area contributed by atoms with E-state index in [1.165, 1.54) is 49.9 Å². The number of hydrogen-bond donors (Lipinski definition) is 0. The molecule has 2 aliphatic rings. The number of furan rings is 1. The van der Waals surface area contributed by atoms with Crippen molar-refractivity contribution in [1.29, 1.82) is 0 Å². The molecule has 0 saturated heterocycles. The van der Waals surface area contributed by atoms with E-state index in [0.717, 1.165) is 54.8 Å². The molecular weight excluding hydrogens is 707 g/mol. The van der Waals surface area contributed by atoms with E-state index in [-0.39, 0.29) is 0 Å². The van der Waals surface area contributed by atoms with Gasteiger partial charge in [0.15, 0.2) is 17.5 Å². The summed E-state index contributed by atoms with van der Waals surface area (Å²) in [6, 6.07) is 67.3. The Labute approximate surface area is 333 Å². The summed E-state index contributed by atoms with van der Waals surface area (Å²) >= 11 is 0. The van der Waals surface area contributed by atoms with Crippen molar-refractivity contribution in [2.45, 2.75) is 5.41 Å². The van der Waals surface area contributed by atoms with Crippen molar-refractivity contribution in [3.63, 3.8) is 0 Å². The first-order valence-corrected chi connectivity index (χ1v) is 19.8. The van der Waals surface area contributed by atoms with Crippen LogP contribution in [0.1, 0.15) is 22.3 Å². The van der Waals surface area contributed by atoms with Gasteiger partial charge in [-0.1, -0.05) is 170 Å². The topological polar surface area (TPSA) is 51.8 Å². The normalized spacial score (nSPS) is 13.3. The Hall–Kier alpha value is -7.69. The van der Waals surface area contributed by atoms with Gasteiger partial charge in [-0.3, -0.25) is 0 Å². The maximum absolute atomic E-state index is 6.57. The average molecular weight is 738 g/mol. The Morgan fingerprint density at radius 2 is 0.862 bits per heavy atom. The molecule has 11 aromatic rings. The molecule has 2 heterocycles. The molecule has 0 aliphatic heterocycles. The predicted molar refractivity (Wildman–Crippen MR) is 235 cm³/mol. The van der Waals surface area contributed by atoms with E-state index < -0.39 is 5.41 Å². The third-order valence-corrected chi connectivity index (χ3v) is 12.5. The summed E-state index contributed by atoms with van der Waals surface area (Å²) in [6.45, 7) is 0. The summed E-state index contributed by atoms with van der Waals surface area (Å²) in [5, 5.41) is 6.69. The van der Waals surface area contributed by atoms with Crippen LogP contribution >= 0.6 is 0 Å². The average Bonchev–Trinajstić information content (AvgIpc) is 3.93. The maximum Gasteiger partial charge on any atom is 0.167 e. The molecule has 268 valence electrons. The quantitative estimate of drug-likeness (QED) is 0.169. The van der Waals surface area contributed by atoms with Gasteiger partial charge < -0.3 is 4.42 Å². The lowest BCUT2D eigenvalue weighted by molar-refractivity contribution is 0.669. The molecule has 4 nitrogen and oxygen atoms in total. The monoisotopic (exact) mass is 737 g/mol. The lowest BCUT2D eigenvalue weighted by atomic mass is 9.70. The summed E-state index contributed by atoms with van der Waals surface area (Å²) in [6.07, 6.45) is 0. The minimum Gasteiger partial charge on any atom is -0.455 e. The maximum atomic E-state index is 6.57. The van der Waals surface area contributed by atoms with Crippen LogP contribution < -0.4 is 0 Å². The van der Waals surface area contributed by atoms with Gasteiger partial charge in [-0.05, 0) is 78.9 Å². The van der Waals surface area contributed by atoms with Crippen molar-refractivity contribution in [3.8, 4) is 56.4 Å². The summed E-state index contributed by atoms with van der Waals surface area (Å²) in [5.41, 5.74) is 14.1. The van der Waals surface area contributed by atoms with E-state index in [1.807, 2.05) is 18.2 Å². The van der Waals surface area contributed by atoms with Crippen LogP contribution in [0.25, 0.3) is 99.9 Å². The molecule has 58 heavy (non-hydrogen) atoms. The number of nitrogens with zero attached hydrogens (tertiary/aromatic N) is 3. The highest BCUT2D eigenvalue weighted by molar-refractivity contribution is 6.14. The first-order valence-electron chi connectivity index (χ1n) is 19.8. The molecule has 2 aliphatic carbocycles. The largest absolute Gasteiger partial charge is 0.455 e. The van der Waals surface area contributed by atoms with Crippen LogP contribution in [0.3, 0.4) is 0 Å². The molecule has 0 saturated carbocycles. The lowest BCUT2D eigenvalue weighted by Crippen LogP contribution is -2.25. The van der Waals surface area contributed by atoms with Crippen molar-refractivity contribution < 1.29 is 4.42 Å². The highest BCUT2D eigenvalue weighted by Crippen LogP contribution is 2.63. The first kappa shape index (κ1) is 31.5. The van der Waals surface area contributed by atoms with Gasteiger partial charge in [-0.15, -0.1) is 0 Å². The summed E-state index contributed by atoms with van der Waals surface area (Å²) in [4.78, 5) is 16.0. The first-order chi connectivity index (χ1) is 28.8. The molecular formula is C54H31N3O. The van der Waals surface area contributed by atoms with E-state index in [0.29, 0.717) is 17.5 Å². The van der Waals surface area contributed by atoms with Gasteiger partial charge in [0.1, 0.15) is 11.2 Å². The van der Waals surface area contributed by atoms with Gasteiger partial charge in [0.05, 0.1) is 11.0 Å². The van der Waals surface area contributed by atoms with E-state index in [2.05, 4.69) is 170 Å². The highest BCUT2D eigenvalue weighted by atomic mass is 16.3. The van der Waals surface area contributed by atoms with Crippen LogP contribution in [0.4, 0.5) is 0 Å². The van der Waals surface area contributed by atoms with Crippen molar-refractivity contribution in [1.82, 2.24) is 15.0 Å². The van der Waals surface area contributed by atoms with Gasteiger partial charge in [0.25, 0.3) is 0 Å². The van der Waals surface area contributed by atoms with E-state index in [4.69, 9.17) is 19.4 Å². The van der Waals surface area contributed by atoms with Gasteiger partial charge in [-0.2, -0.15) is 0 Å². The molecule has 0 unspecified atom stereocenters. The lowest BCUT2D eigenvalue weighted by Gasteiger charge is -2.30. The molecule has 1 spiro atoms. The van der Waals surface area contributed by atoms with Gasteiger partial charge in [-0.25, -0.2) is 15.0 Å². The molecule has 0 N–H and O–H groups in total. The Balaban J connectivity index is 1.09. The van der Waals surface area contributed by atoms with Crippen molar-refractivity contribution >= 4 is 43.5 Å². The second-order valence-corrected chi connectivity index (χ2v) is 15.4. The zero-order chi connectivity index (χ0) is 38.0. The molecule has 9 aromatic carbocycles. The second-order valence-electron chi connectivity index (χ2n) is 15.4. The van der Waals surface area contributed by atoms with Crippen LogP contribution in [0.5, 0.6) is 0 Å². The fourth-order valence-corrected chi connectivity index (χ4v) is 10.2. The fraction of sp³-hybridized carbons (Fsp3) is 0.0185. The number of hydrogen-bond acceptors (Lipinski definition) is 4. The second kappa shape index (κ2) is 11.7. The summed E-state index contributed by atoms with van der Waals surface area (Å²) in [5.74, 6) is 1.79. The number of fused-ring (bicyclic) bond motifs is 16. The minimum atomic E-state index is -0.423. The predicted octanol–water partition coefficient (Wildman–Crippen LogP) is 13.4. The summed E-state index contributed by atoms with van der Waals surface area (Å²) in [7, 11) is 0. The van der Waals surface area contributed by atoms with Crippen LogP contribution in [0.15, 0.2) is 192 Å². The Bertz CT molecular complexity index is 3500. The molecule has 0 atom stereocenters. The number of benzene rings is 9. The van der Waals surface area contributed by atoms with Crippen LogP contribution in [-0.4, -0.2) is 15.0 Å². The zero-order valence-corrected chi connectivity index (χ0v) is 31.1. The van der Waals surface area contributed by atoms with Crippen molar-refractivity contribution in [3.05, 3.63) is 210 Å². The molecule has 0 fully saturated rings. The Kier molecular flexibility index (Phi) is 6.34. The highest BCUT2D eigenvalue weighted by Gasteiger charge is 2.51. The number of para-hydroxylation sites is 2. The number of aromatic nitrogens is 3. The van der Waals surface area contributed by atoms with Gasteiger partial charge in [0.2, 0.25) is 0 Å².